The Morgan fingerprint density at radius 3 is 3.15 bits per heavy atom. The number of nitrogens with zero attached hydrogens (tertiary/aromatic N) is 1. The van der Waals surface area contributed by atoms with E-state index in [9.17, 15) is 0 Å². The largest absolute Gasteiger partial charge is 0.308 e. The van der Waals surface area contributed by atoms with Crippen molar-refractivity contribution in [2.24, 2.45) is 5.92 Å². The molecule has 2 heteroatoms. The maximum absolute atomic E-state index is 4.46. The van der Waals surface area contributed by atoms with Gasteiger partial charge in [-0.05, 0) is 30.5 Å². The highest BCUT2D eigenvalue weighted by Crippen LogP contribution is 2.25. The van der Waals surface area contributed by atoms with E-state index in [4.69, 9.17) is 0 Å². The van der Waals surface area contributed by atoms with E-state index in [2.05, 4.69) is 30.2 Å². The summed E-state index contributed by atoms with van der Waals surface area (Å²) in [6.45, 7) is 5.56. The highest BCUT2D eigenvalue weighted by molar-refractivity contribution is 5.25. The maximum Gasteiger partial charge on any atom is 0.0608 e. The second kappa shape index (κ2) is 3.46. The molecular weight excluding hydrogens is 160 g/mol. The first-order valence-corrected chi connectivity index (χ1v) is 4.96. The Morgan fingerprint density at radius 1 is 1.54 bits per heavy atom. The number of aromatic nitrogens is 1. The van der Waals surface area contributed by atoms with Crippen molar-refractivity contribution in [3.63, 3.8) is 0 Å². The third kappa shape index (κ3) is 1.59. The summed E-state index contributed by atoms with van der Waals surface area (Å²) in [5.41, 5.74) is 2.67. The zero-order valence-corrected chi connectivity index (χ0v) is 8.25. The molecule has 1 unspecified atom stereocenters. The zero-order chi connectivity index (χ0) is 9.26. The van der Waals surface area contributed by atoms with E-state index < -0.39 is 0 Å². The van der Waals surface area contributed by atoms with Crippen LogP contribution in [0.3, 0.4) is 0 Å². The van der Waals surface area contributed by atoms with Crippen molar-refractivity contribution >= 4 is 0 Å². The van der Waals surface area contributed by atoms with Gasteiger partial charge in [-0.25, -0.2) is 0 Å². The average Bonchev–Trinajstić information content (AvgIpc) is 2.17. The van der Waals surface area contributed by atoms with Gasteiger partial charge in [0.15, 0.2) is 0 Å². The SMILES string of the molecule is CC(C)C1NCCc2cccnc21. The van der Waals surface area contributed by atoms with Crippen LogP contribution < -0.4 is 5.32 Å². The Balaban J connectivity index is 2.37. The summed E-state index contributed by atoms with van der Waals surface area (Å²) in [6, 6.07) is 4.67. The Kier molecular flexibility index (Phi) is 2.32. The molecular formula is C11H16N2. The van der Waals surface area contributed by atoms with E-state index in [-0.39, 0.29) is 0 Å². The van der Waals surface area contributed by atoms with Crippen molar-refractivity contribution in [3.05, 3.63) is 29.6 Å². The first-order chi connectivity index (χ1) is 6.29. The fourth-order valence-electron chi connectivity index (χ4n) is 1.95. The normalized spacial score (nSPS) is 21.6. The second-order valence-corrected chi connectivity index (χ2v) is 3.97. The second-order valence-electron chi connectivity index (χ2n) is 3.97. The van der Waals surface area contributed by atoms with Gasteiger partial charge >= 0.3 is 0 Å². The van der Waals surface area contributed by atoms with Gasteiger partial charge in [0, 0.05) is 6.20 Å². The lowest BCUT2D eigenvalue weighted by Crippen LogP contribution is -2.33. The van der Waals surface area contributed by atoms with Crippen molar-refractivity contribution in [3.8, 4) is 0 Å². The molecule has 0 aliphatic carbocycles. The van der Waals surface area contributed by atoms with Gasteiger partial charge in [0.1, 0.15) is 0 Å². The molecule has 1 aliphatic heterocycles. The van der Waals surface area contributed by atoms with Gasteiger partial charge in [0.05, 0.1) is 11.7 Å². The number of rotatable bonds is 1. The fourth-order valence-corrected chi connectivity index (χ4v) is 1.95. The molecule has 0 radical (unpaired) electrons. The van der Waals surface area contributed by atoms with E-state index in [0.717, 1.165) is 13.0 Å². The molecule has 0 fully saturated rings. The minimum absolute atomic E-state index is 0.449. The Labute approximate surface area is 79.4 Å². The van der Waals surface area contributed by atoms with Crippen LogP contribution in [0.4, 0.5) is 0 Å². The van der Waals surface area contributed by atoms with Crippen LogP contribution in [0, 0.1) is 5.92 Å². The van der Waals surface area contributed by atoms with Gasteiger partial charge < -0.3 is 5.32 Å². The molecule has 2 nitrogen and oxygen atoms in total. The van der Waals surface area contributed by atoms with E-state index in [1.165, 1.54) is 11.3 Å². The first kappa shape index (κ1) is 8.70. The zero-order valence-electron chi connectivity index (χ0n) is 8.25. The molecule has 1 N–H and O–H groups in total. The molecule has 1 aliphatic rings. The van der Waals surface area contributed by atoms with Crippen LogP contribution in [0.5, 0.6) is 0 Å². The molecule has 1 aromatic rings. The summed E-state index contributed by atoms with van der Waals surface area (Å²) >= 11 is 0. The van der Waals surface area contributed by atoms with Gasteiger partial charge in [-0.15, -0.1) is 0 Å². The number of hydrogen-bond acceptors (Lipinski definition) is 2. The molecule has 70 valence electrons. The monoisotopic (exact) mass is 176 g/mol. The summed E-state index contributed by atoms with van der Waals surface area (Å²) < 4.78 is 0. The van der Waals surface area contributed by atoms with Crippen LogP contribution in [-0.2, 0) is 6.42 Å². The lowest BCUT2D eigenvalue weighted by molar-refractivity contribution is 0.386. The number of pyridine rings is 1. The quantitative estimate of drug-likeness (QED) is 0.707. The molecule has 2 heterocycles. The van der Waals surface area contributed by atoms with Crippen molar-refractivity contribution in [2.45, 2.75) is 26.3 Å². The van der Waals surface area contributed by atoms with Crippen LogP contribution in [0.15, 0.2) is 18.3 Å². The lowest BCUT2D eigenvalue weighted by Gasteiger charge is -2.28. The van der Waals surface area contributed by atoms with E-state index in [1.807, 2.05) is 12.3 Å². The van der Waals surface area contributed by atoms with Gasteiger partial charge in [-0.2, -0.15) is 0 Å². The van der Waals surface area contributed by atoms with Crippen molar-refractivity contribution < 1.29 is 0 Å². The predicted molar refractivity (Wildman–Crippen MR) is 53.5 cm³/mol. The fraction of sp³-hybridized carbons (Fsp3) is 0.545. The van der Waals surface area contributed by atoms with Crippen LogP contribution in [0.25, 0.3) is 0 Å². The number of hydrogen-bond donors (Lipinski definition) is 1. The van der Waals surface area contributed by atoms with Crippen LogP contribution in [-0.4, -0.2) is 11.5 Å². The minimum Gasteiger partial charge on any atom is -0.308 e. The van der Waals surface area contributed by atoms with Crippen molar-refractivity contribution in [1.29, 1.82) is 0 Å². The van der Waals surface area contributed by atoms with Crippen molar-refractivity contribution in [1.82, 2.24) is 10.3 Å². The van der Waals surface area contributed by atoms with E-state index in [1.54, 1.807) is 0 Å². The average molecular weight is 176 g/mol. The maximum atomic E-state index is 4.46. The molecule has 0 saturated carbocycles. The molecule has 2 rings (SSSR count). The molecule has 13 heavy (non-hydrogen) atoms. The molecule has 0 spiro atoms. The smallest absolute Gasteiger partial charge is 0.0608 e. The summed E-state index contributed by atoms with van der Waals surface area (Å²) in [4.78, 5) is 4.46. The predicted octanol–water partition coefficient (Wildman–Crippen LogP) is 1.92. The Bertz CT molecular complexity index is 294. The lowest BCUT2D eigenvalue weighted by atomic mass is 9.92. The standard InChI is InChI=1S/C11H16N2/c1-8(2)10-11-9(5-7-13-10)4-3-6-12-11/h3-4,6,8,10,13H,5,7H2,1-2H3. The first-order valence-electron chi connectivity index (χ1n) is 4.96. The molecule has 0 aromatic carbocycles. The van der Waals surface area contributed by atoms with Crippen LogP contribution >= 0.6 is 0 Å². The third-order valence-corrected chi connectivity index (χ3v) is 2.65. The highest BCUT2D eigenvalue weighted by Gasteiger charge is 2.22. The summed E-state index contributed by atoms with van der Waals surface area (Å²) in [6.07, 6.45) is 3.01. The van der Waals surface area contributed by atoms with Gasteiger partial charge in [-0.1, -0.05) is 19.9 Å². The minimum atomic E-state index is 0.449. The topological polar surface area (TPSA) is 24.9 Å². The summed E-state index contributed by atoms with van der Waals surface area (Å²) in [5.74, 6) is 0.619. The summed E-state index contributed by atoms with van der Waals surface area (Å²) in [5, 5.41) is 3.51. The van der Waals surface area contributed by atoms with Gasteiger partial charge in [0.2, 0.25) is 0 Å². The number of nitrogens with one attached hydrogen (secondary N) is 1. The third-order valence-electron chi connectivity index (χ3n) is 2.65. The molecule has 0 amide bonds. The van der Waals surface area contributed by atoms with E-state index >= 15 is 0 Å². The Hall–Kier alpha value is -0.890. The molecule has 1 aromatic heterocycles. The Morgan fingerprint density at radius 2 is 2.38 bits per heavy atom. The van der Waals surface area contributed by atoms with Crippen molar-refractivity contribution in [2.75, 3.05) is 6.54 Å². The van der Waals surface area contributed by atoms with Crippen LogP contribution in [0.1, 0.15) is 31.1 Å². The van der Waals surface area contributed by atoms with Gasteiger partial charge in [0.25, 0.3) is 0 Å². The summed E-state index contributed by atoms with van der Waals surface area (Å²) in [7, 11) is 0. The van der Waals surface area contributed by atoms with Gasteiger partial charge in [-0.3, -0.25) is 4.98 Å². The van der Waals surface area contributed by atoms with Crippen LogP contribution in [0.2, 0.25) is 0 Å². The molecule has 0 saturated heterocycles. The number of fused-ring (bicyclic) bond motifs is 1. The molecule has 0 bridgehead atoms. The van der Waals surface area contributed by atoms with E-state index in [0.29, 0.717) is 12.0 Å². The highest BCUT2D eigenvalue weighted by atomic mass is 15.0. The molecule has 1 atom stereocenters.